The fraction of sp³-hybridized carbons (Fsp3) is 0.333. The Bertz CT molecular complexity index is 654. The van der Waals surface area contributed by atoms with E-state index in [9.17, 15) is 9.18 Å². The minimum Gasteiger partial charge on any atom is -0.370 e. The summed E-state index contributed by atoms with van der Waals surface area (Å²) >= 11 is 0. The van der Waals surface area contributed by atoms with Crippen LogP contribution in [0.15, 0.2) is 42.7 Å². The molecule has 0 bridgehead atoms. The topological polar surface area (TPSA) is 45.2 Å². The first-order valence-electron chi connectivity index (χ1n) is 7.91. The van der Waals surface area contributed by atoms with Crippen LogP contribution in [0.5, 0.6) is 0 Å². The van der Waals surface area contributed by atoms with Gasteiger partial charge in [-0.2, -0.15) is 0 Å². The van der Waals surface area contributed by atoms with Crippen molar-refractivity contribution in [1.82, 2.24) is 4.98 Å². The Hall–Kier alpha value is -2.43. The molecule has 0 aliphatic carbocycles. The quantitative estimate of drug-likeness (QED) is 0.836. The maximum Gasteiger partial charge on any atom is 0.257 e. The molecule has 2 rings (SSSR count). The van der Waals surface area contributed by atoms with Crippen LogP contribution in [0.25, 0.3) is 0 Å². The molecule has 0 radical (unpaired) electrons. The third-order valence-corrected chi connectivity index (χ3v) is 3.42. The summed E-state index contributed by atoms with van der Waals surface area (Å²) in [6, 6.07) is 7.66. The third kappa shape index (κ3) is 4.77. The molecular weight excluding hydrogens is 293 g/mol. The van der Waals surface area contributed by atoms with Gasteiger partial charge in [-0.25, -0.2) is 4.39 Å². The molecule has 0 aliphatic heterocycles. The Labute approximate surface area is 136 Å². The lowest BCUT2D eigenvalue weighted by atomic mass is 10.2. The monoisotopic (exact) mass is 315 g/mol. The number of nitrogens with zero attached hydrogens (tertiary/aromatic N) is 2. The molecule has 1 aromatic carbocycles. The lowest BCUT2D eigenvalue weighted by Crippen LogP contribution is -2.25. The molecule has 0 aliphatic rings. The molecule has 1 heterocycles. The normalized spacial score (nSPS) is 10.4. The number of hydrogen-bond acceptors (Lipinski definition) is 3. The lowest BCUT2D eigenvalue weighted by molar-refractivity contribution is 0.102. The number of carbonyl (C=O) groups is 1. The third-order valence-electron chi connectivity index (χ3n) is 3.42. The Morgan fingerprint density at radius 3 is 2.57 bits per heavy atom. The van der Waals surface area contributed by atoms with E-state index in [1.807, 2.05) is 6.07 Å². The van der Waals surface area contributed by atoms with E-state index in [4.69, 9.17) is 0 Å². The van der Waals surface area contributed by atoms with E-state index in [0.29, 0.717) is 11.3 Å². The number of hydrogen-bond donors (Lipinski definition) is 1. The van der Waals surface area contributed by atoms with Crippen LogP contribution in [0, 0.1) is 5.82 Å². The van der Waals surface area contributed by atoms with Crippen molar-refractivity contribution in [2.24, 2.45) is 0 Å². The summed E-state index contributed by atoms with van der Waals surface area (Å²) in [5.74, 6) is -0.676. The van der Waals surface area contributed by atoms with Crippen molar-refractivity contribution >= 4 is 17.3 Å². The Balaban J connectivity index is 2.16. The van der Waals surface area contributed by atoms with Gasteiger partial charge in [0, 0.05) is 25.0 Å². The van der Waals surface area contributed by atoms with Gasteiger partial charge in [0.1, 0.15) is 5.82 Å². The number of aromatic nitrogens is 1. The molecule has 0 fully saturated rings. The number of benzene rings is 1. The summed E-state index contributed by atoms with van der Waals surface area (Å²) < 4.78 is 13.2. The minimum absolute atomic E-state index is 0.294. The Kier molecular flexibility index (Phi) is 6.09. The van der Waals surface area contributed by atoms with Gasteiger partial charge >= 0.3 is 0 Å². The summed E-state index contributed by atoms with van der Waals surface area (Å²) in [5, 5.41) is 2.69. The summed E-state index contributed by atoms with van der Waals surface area (Å²) in [6.45, 7) is 6.09. The van der Waals surface area contributed by atoms with Gasteiger partial charge in [0.15, 0.2) is 0 Å². The average molecular weight is 315 g/mol. The Morgan fingerprint density at radius 2 is 1.91 bits per heavy atom. The van der Waals surface area contributed by atoms with Crippen molar-refractivity contribution in [3.05, 3.63) is 54.1 Å². The molecule has 23 heavy (non-hydrogen) atoms. The highest BCUT2D eigenvalue weighted by molar-refractivity contribution is 6.04. The number of rotatable bonds is 7. The van der Waals surface area contributed by atoms with Gasteiger partial charge in [-0.05, 0) is 37.1 Å². The van der Waals surface area contributed by atoms with Crippen LogP contribution in [-0.2, 0) is 0 Å². The molecule has 0 spiro atoms. The fourth-order valence-corrected chi connectivity index (χ4v) is 2.40. The van der Waals surface area contributed by atoms with E-state index in [0.717, 1.165) is 31.6 Å². The Morgan fingerprint density at radius 1 is 1.17 bits per heavy atom. The predicted molar refractivity (Wildman–Crippen MR) is 91.4 cm³/mol. The molecule has 5 heteroatoms. The largest absolute Gasteiger partial charge is 0.370 e. The summed E-state index contributed by atoms with van der Waals surface area (Å²) in [4.78, 5) is 18.7. The molecule has 122 valence electrons. The highest BCUT2D eigenvalue weighted by Gasteiger charge is 2.11. The van der Waals surface area contributed by atoms with Crippen molar-refractivity contribution in [3.8, 4) is 0 Å². The van der Waals surface area contributed by atoms with Crippen LogP contribution in [-0.4, -0.2) is 24.0 Å². The number of nitrogens with one attached hydrogen (secondary N) is 1. The first kappa shape index (κ1) is 16.9. The second-order valence-electron chi connectivity index (χ2n) is 5.38. The van der Waals surface area contributed by atoms with Gasteiger partial charge in [0.2, 0.25) is 0 Å². The van der Waals surface area contributed by atoms with Crippen molar-refractivity contribution in [1.29, 1.82) is 0 Å². The van der Waals surface area contributed by atoms with E-state index in [2.05, 4.69) is 29.0 Å². The molecule has 0 atom stereocenters. The standard InChI is InChI=1S/C18H22FN3O/c1-3-8-22(9-4-2)17-10-14(12-20-13-17)18(23)21-16-7-5-6-15(19)11-16/h5-7,10-13H,3-4,8-9H2,1-2H3,(H,21,23). The van der Waals surface area contributed by atoms with Crippen molar-refractivity contribution in [2.45, 2.75) is 26.7 Å². The van der Waals surface area contributed by atoms with E-state index < -0.39 is 0 Å². The molecule has 1 N–H and O–H groups in total. The van der Waals surface area contributed by atoms with Gasteiger partial charge in [-0.3, -0.25) is 9.78 Å². The number of pyridine rings is 1. The SMILES string of the molecule is CCCN(CCC)c1cncc(C(=O)Nc2cccc(F)c2)c1. The fourth-order valence-electron chi connectivity index (χ4n) is 2.40. The molecule has 2 aromatic rings. The van der Waals surface area contributed by atoms with Gasteiger partial charge in [-0.1, -0.05) is 19.9 Å². The molecule has 0 unspecified atom stereocenters. The summed E-state index contributed by atoms with van der Waals surface area (Å²) in [5.41, 5.74) is 1.82. The van der Waals surface area contributed by atoms with Crippen LogP contribution < -0.4 is 10.2 Å². The molecule has 1 amide bonds. The highest BCUT2D eigenvalue weighted by atomic mass is 19.1. The van der Waals surface area contributed by atoms with E-state index in [-0.39, 0.29) is 11.7 Å². The van der Waals surface area contributed by atoms with Gasteiger partial charge in [-0.15, -0.1) is 0 Å². The second kappa shape index (κ2) is 8.27. The molecule has 0 saturated carbocycles. The molecular formula is C18H22FN3O. The first-order chi connectivity index (χ1) is 11.1. The lowest BCUT2D eigenvalue weighted by Gasteiger charge is -2.23. The van der Waals surface area contributed by atoms with Crippen molar-refractivity contribution in [3.63, 3.8) is 0 Å². The number of carbonyl (C=O) groups excluding carboxylic acids is 1. The maximum atomic E-state index is 13.2. The van der Waals surface area contributed by atoms with E-state index >= 15 is 0 Å². The summed E-state index contributed by atoms with van der Waals surface area (Å²) in [6.07, 6.45) is 5.35. The maximum absolute atomic E-state index is 13.2. The van der Waals surface area contributed by atoms with Crippen LogP contribution in [0.4, 0.5) is 15.8 Å². The highest BCUT2D eigenvalue weighted by Crippen LogP contribution is 2.17. The number of anilines is 2. The van der Waals surface area contributed by atoms with E-state index in [1.54, 1.807) is 18.3 Å². The zero-order chi connectivity index (χ0) is 16.7. The predicted octanol–water partition coefficient (Wildman–Crippen LogP) is 4.10. The average Bonchev–Trinajstić information content (AvgIpc) is 2.55. The second-order valence-corrected chi connectivity index (χ2v) is 5.38. The van der Waals surface area contributed by atoms with Crippen molar-refractivity contribution < 1.29 is 9.18 Å². The zero-order valence-corrected chi connectivity index (χ0v) is 13.6. The first-order valence-corrected chi connectivity index (χ1v) is 7.91. The van der Waals surface area contributed by atoms with Gasteiger partial charge in [0.05, 0.1) is 17.4 Å². The molecule has 4 nitrogen and oxygen atoms in total. The number of amides is 1. The summed E-state index contributed by atoms with van der Waals surface area (Å²) in [7, 11) is 0. The van der Waals surface area contributed by atoms with Gasteiger partial charge < -0.3 is 10.2 Å². The van der Waals surface area contributed by atoms with Gasteiger partial charge in [0.25, 0.3) is 5.91 Å². The van der Waals surface area contributed by atoms with Crippen LogP contribution in [0.1, 0.15) is 37.0 Å². The van der Waals surface area contributed by atoms with Crippen molar-refractivity contribution in [2.75, 3.05) is 23.3 Å². The molecule has 1 aromatic heterocycles. The smallest absolute Gasteiger partial charge is 0.257 e. The zero-order valence-electron chi connectivity index (χ0n) is 13.6. The molecule has 0 saturated heterocycles. The van der Waals surface area contributed by atoms with Crippen LogP contribution in [0.3, 0.4) is 0 Å². The minimum atomic E-state index is -0.383. The van der Waals surface area contributed by atoms with Crippen LogP contribution in [0.2, 0.25) is 0 Å². The van der Waals surface area contributed by atoms with E-state index in [1.165, 1.54) is 18.3 Å². The van der Waals surface area contributed by atoms with Crippen LogP contribution >= 0.6 is 0 Å². The number of halogens is 1.